The smallest absolute Gasteiger partial charge is 0.251 e. The van der Waals surface area contributed by atoms with E-state index in [2.05, 4.69) is 76.4 Å². The van der Waals surface area contributed by atoms with E-state index in [1.54, 1.807) is 7.05 Å². The molecule has 1 saturated heterocycles. The van der Waals surface area contributed by atoms with Crippen LogP contribution in [0.25, 0.3) is 0 Å². The molecular formula is C28H33N5O. The summed E-state index contributed by atoms with van der Waals surface area (Å²) < 4.78 is 0. The fourth-order valence-electron chi connectivity index (χ4n) is 5.02. The molecule has 176 valence electrons. The van der Waals surface area contributed by atoms with Crippen LogP contribution in [0.2, 0.25) is 0 Å². The zero-order valence-electron chi connectivity index (χ0n) is 20.2. The second-order valence-electron chi connectivity index (χ2n) is 9.70. The first-order chi connectivity index (χ1) is 16.4. The van der Waals surface area contributed by atoms with Crippen molar-refractivity contribution < 1.29 is 4.79 Å². The lowest BCUT2D eigenvalue weighted by atomic mass is 9.74. The zero-order chi connectivity index (χ0) is 23.7. The van der Waals surface area contributed by atoms with Gasteiger partial charge in [-0.2, -0.15) is 0 Å². The van der Waals surface area contributed by atoms with Crippen molar-refractivity contribution in [1.29, 1.82) is 0 Å². The Balaban J connectivity index is 1.36. The van der Waals surface area contributed by atoms with Crippen LogP contribution in [0.5, 0.6) is 0 Å². The number of hydrogen-bond donors (Lipinski definition) is 4. The summed E-state index contributed by atoms with van der Waals surface area (Å²) in [5, 5.41) is 13.2. The van der Waals surface area contributed by atoms with Gasteiger partial charge < -0.3 is 21.3 Å². The molecule has 0 aliphatic carbocycles. The van der Waals surface area contributed by atoms with Crippen molar-refractivity contribution >= 4 is 28.7 Å². The lowest BCUT2D eigenvalue weighted by Crippen LogP contribution is -2.42. The molecule has 0 saturated carbocycles. The number of nitrogens with one attached hydrogen (secondary N) is 4. The predicted molar refractivity (Wildman–Crippen MR) is 140 cm³/mol. The first-order valence-corrected chi connectivity index (χ1v) is 12.0. The number of fused-ring (bicyclic) bond motifs is 2. The third-order valence-corrected chi connectivity index (χ3v) is 7.00. The highest BCUT2D eigenvalue weighted by Crippen LogP contribution is 2.46. The minimum Gasteiger partial charge on any atom is -0.355 e. The van der Waals surface area contributed by atoms with Crippen molar-refractivity contribution in [2.75, 3.05) is 43.9 Å². The first kappa shape index (κ1) is 22.4. The number of nitrogens with zero attached hydrogens (tertiary/aromatic N) is 1. The maximum Gasteiger partial charge on any atom is 0.251 e. The summed E-state index contributed by atoms with van der Waals surface area (Å²) in [6.07, 6.45) is 0. The quantitative estimate of drug-likeness (QED) is 0.454. The summed E-state index contributed by atoms with van der Waals surface area (Å²) in [5.74, 6) is -0.0819. The maximum absolute atomic E-state index is 11.8. The molecule has 0 spiro atoms. The normalized spacial score (nSPS) is 16.7. The molecule has 3 aromatic rings. The third-order valence-electron chi connectivity index (χ3n) is 7.00. The molecule has 0 atom stereocenters. The molecule has 2 heterocycles. The van der Waals surface area contributed by atoms with Crippen LogP contribution in [-0.4, -0.2) is 44.0 Å². The third kappa shape index (κ3) is 4.39. The largest absolute Gasteiger partial charge is 0.355 e. The van der Waals surface area contributed by atoms with Crippen LogP contribution < -0.4 is 21.3 Å². The Labute approximate surface area is 201 Å². The van der Waals surface area contributed by atoms with Crippen LogP contribution in [0, 0.1) is 0 Å². The van der Waals surface area contributed by atoms with Gasteiger partial charge in [0.25, 0.3) is 5.91 Å². The van der Waals surface area contributed by atoms with Gasteiger partial charge in [-0.25, -0.2) is 0 Å². The number of hydrogen-bond acceptors (Lipinski definition) is 5. The second kappa shape index (κ2) is 9.12. The van der Waals surface area contributed by atoms with Gasteiger partial charge in [-0.15, -0.1) is 0 Å². The predicted octanol–water partition coefficient (Wildman–Crippen LogP) is 4.58. The molecule has 34 heavy (non-hydrogen) atoms. The average Bonchev–Trinajstić information content (AvgIpc) is 2.85. The lowest BCUT2D eigenvalue weighted by molar-refractivity contribution is 0.0963. The van der Waals surface area contributed by atoms with Crippen molar-refractivity contribution in [3.8, 4) is 0 Å². The average molecular weight is 456 g/mol. The number of rotatable bonds is 5. The molecule has 5 rings (SSSR count). The number of anilines is 4. The van der Waals surface area contributed by atoms with Gasteiger partial charge in [-0.05, 0) is 59.2 Å². The number of carbonyl (C=O) groups is 1. The van der Waals surface area contributed by atoms with Crippen LogP contribution in [0.3, 0.4) is 0 Å². The van der Waals surface area contributed by atoms with E-state index in [1.165, 1.54) is 22.4 Å². The van der Waals surface area contributed by atoms with E-state index < -0.39 is 0 Å². The van der Waals surface area contributed by atoms with Crippen LogP contribution in [0.1, 0.15) is 40.9 Å². The van der Waals surface area contributed by atoms with Crippen molar-refractivity contribution in [3.05, 3.63) is 82.9 Å². The molecule has 3 aromatic carbocycles. The maximum atomic E-state index is 11.8. The van der Waals surface area contributed by atoms with Gasteiger partial charge in [-0.3, -0.25) is 9.69 Å². The van der Waals surface area contributed by atoms with Gasteiger partial charge in [0.05, 0.1) is 0 Å². The summed E-state index contributed by atoms with van der Waals surface area (Å²) in [7, 11) is 1.64. The van der Waals surface area contributed by atoms with Gasteiger partial charge in [0.2, 0.25) is 0 Å². The van der Waals surface area contributed by atoms with Crippen LogP contribution in [0.15, 0.2) is 60.7 Å². The van der Waals surface area contributed by atoms with Crippen molar-refractivity contribution in [2.24, 2.45) is 0 Å². The highest BCUT2D eigenvalue weighted by atomic mass is 16.1. The van der Waals surface area contributed by atoms with E-state index in [1.807, 2.05) is 24.3 Å². The Morgan fingerprint density at radius 1 is 0.912 bits per heavy atom. The Morgan fingerprint density at radius 2 is 1.65 bits per heavy atom. The Bertz CT molecular complexity index is 1200. The molecule has 0 radical (unpaired) electrons. The number of carbonyl (C=O) groups excluding carboxylic acids is 1. The number of amides is 1. The SMILES string of the molecule is CNC(=O)c1ccc(Nc2ccc3c(c2)Nc2ccc(CN4CCNCC4)cc2C3(C)C)cc1. The van der Waals surface area contributed by atoms with E-state index in [-0.39, 0.29) is 11.3 Å². The van der Waals surface area contributed by atoms with Crippen molar-refractivity contribution in [1.82, 2.24) is 15.5 Å². The first-order valence-electron chi connectivity index (χ1n) is 12.0. The van der Waals surface area contributed by atoms with Crippen LogP contribution in [0.4, 0.5) is 22.7 Å². The highest BCUT2D eigenvalue weighted by Gasteiger charge is 2.33. The number of benzene rings is 3. The summed E-state index contributed by atoms with van der Waals surface area (Å²) in [4.78, 5) is 14.3. The minimum atomic E-state index is -0.0942. The molecular weight excluding hydrogens is 422 g/mol. The second-order valence-corrected chi connectivity index (χ2v) is 9.70. The molecule has 0 bridgehead atoms. The van der Waals surface area contributed by atoms with Crippen molar-refractivity contribution in [3.63, 3.8) is 0 Å². The van der Waals surface area contributed by atoms with E-state index in [9.17, 15) is 4.79 Å². The Hall–Kier alpha value is -3.35. The fourth-order valence-corrected chi connectivity index (χ4v) is 5.02. The topological polar surface area (TPSA) is 68.4 Å². The molecule has 4 N–H and O–H groups in total. The lowest BCUT2D eigenvalue weighted by Gasteiger charge is -2.36. The fraction of sp³-hybridized carbons (Fsp3) is 0.321. The van der Waals surface area contributed by atoms with E-state index >= 15 is 0 Å². The standard InChI is InChI=1S/C28H33N5O/c1-28(2)23-10-9-22(31-21-7-5-20(6-8-21)27(34)29-3)17-26(23)32-25-11-4-19(16-24(25)28)18-33-14-12-30-13-15-33/h4-11,16-17,30-32H,12-15,18H2,1-3H3,(H,29,34). The molecule has 2 aliphatic heterocycles. The van der Waals surface area contributed by atoms with E-state index in [4.69, 9.17) is 0 Å². The van der Waals surface area contributed by atoms with E-state index in [0.717, 1.165) is 49.8 Å². The van der Waals surface area contributed by atoms with Gasteiger partial charge in [0.15, 0.2) is 0 Å². The Kier molecular flexibility index (Phi) is 6.02. The summed E-state index contributed by atoms with van der Waals surface area (Å²) >= 11 is 0. The van der Waals surface area contributed by atoms with Gasteiger partial charge in [-0.1, -0.05) is 32.0 Å². The molecule has 1 fully saturated rings. The summed E-state index contributed by atoms with van der Waals surface area (Å²) in [6, 6.07) is 20.9. The number of piperazine rings is 1. The summed E-state index contributed by atoms with van der Waals surface area (Å²) in [5.41, 5.74) is 8.82. The van der Waals surface area contributed by atoms with E-state index in [0.29, 0.717) is 5.56 Å². The van der Waals surface area contributed by atoms with Crippen LogP contribution >= 0.6 is 0 Å². The molecule has 2 aliphatic rings. The highest BCUT2D eigenvalue weighted by molar-refractivity contribution is 5.94. The molecule has 1 amide bonds. The zero-order valence-corrected chi connectivity index (χ0v) is 20.2. The Morgan fingerprint density at radius 3 is 2.38 bits per heavy atom. The molecule has 6 nitrogen and oxygen atoms in total. The molecule has 0 unspecified atom stereocenters. The minimum absolute atomic E-state index is 0.0819. The molecule has 6 heteroatoms. The summed E-state index contributed by atoms with van der Waals surface area (Å²) in [6.45, 7) is 9.96. The monoisotopic (exact) mass is 455 g/mol. The van der Waals surface area contributed by atoms with Crippen molar-refractivity contribution in [2.45, 2.75) is 25.8 Å². The van der Waals surface area contributed by atoms with Gasteiger partial charge in [0, 0.05) is 73.5 Å². The van der Waals surface area contributed by atoms with Gasteiger partial charge >= 0.3 is 0 Å². The van der Waals surface area contributed by atoms with Gasteiger partial charge in [0.1, 0.15) is 0 Å². The van der Waals surface area contributed by atoms with Crippen LogP contribution in [-0.2, 0) is 12.0 Å². The molecule has 0 aromatic heterocycles.